The average Bonchev–Trinajstić information content (AvgIpc) is 3.11. The Morgan fingerprint density at radius 1 is 1.19 bits per heavy atom. The molecule has 0 amide bonds. The Hall–Kier alpha value is -3.57. The molecule has 0 atom stereocenters. The second-order valence-corrected chi connectivity index (χ2v) is 8.23. The van der Waals surface area contributed by atoms with Crippen LogP contribution in [0.15, 0.2) is 30.6 Å². The third-order valence-electron chi connectivity index (χ3n) is 5.35. The summed E-state index contributed by atoms with van der Waals surface area (Å²) < 4.78 is 16.1. The van der Waals surface area contributed by atoms with Crippen LogP contribution in [0.5, 0.6) is 0 Å². The van der Waals surface area contributed by atoms with Crippen molar-refractivity contribution < 1.29 is 9.50 Å². The first-order valence-corrected chi connectivity index (χ1v) is 10.1. The second kappa shape index (κ2) is 7.00. The van der Waals surface area contributed by atoms with E-state index in [-0.39, 0.29) is 5.82 Å². The summed E-state index contributed by atoms with van der Waals surface area (Å²) in [4.78, 5) is 11.2. The molecule has 4 aromatic rings. The van der Waals surface area contributed by atoms with E-state index in [1.54, 1.807) is 32.3 Å². The Morgan fingerprint density at radius 2 is 2.03 bits per heavy atom. The summed E-state index contributed by atoms with van der Waals surface area (Å²) in [6, 6.07) is 4.66. The van der Waals surface area contributed by atoms with Crippen LogP contribution in [-0.4, -0.2) is 41.8 Å². The van der Waals surface area contributed by atoms with Crippen LogP contribution in [-0.2, 0) is 6.42 Å². The molecule has 31 heavy (non-hydrogen) atoms. The fraction of sp³-hybridized carbons (Fsp3) is 0.304. The Morgan fingerprint density at radius 3 is 2.84 bits per heavy atom. The first-order chi connectivity index (χ1) is 14.8. The molecular formula is C23H21FN6O. The van der Waals surface area contributed by atoms with Crippen molar-refractivity contribution in [3.8, 4) is 11.8 Å². The summed E-state index contributed by atoms with van der Waals surface area (Å²) in [6.45, 7) is 5.85. The lowest BCUT2D eigenvalue weighted by atomic mass is 9.98. The van der Waals surface area contributed by atoms with Gasteiger partial charge in [0.2, 0.25) is 0 Å². The Bertz CT molecular complexity index is 1390. The van der Waals surface area contributed by atoms with Gasteiger partial charge in [0.1, 0.15) is 23.1 Å². The zero-order valence-corrected chi connectivity index (χ0v) is 17.5. The van der Waals surface area contributed by atoms with Gasteiger partial charge in [0.25, 0.3) is 5.78 Å². The maximum absolute atomic E-state index is 14.2. The van der Waals surface area contributed by atoms with Gasteiger partial charge >= 0.3 is 0 Å². The quantitative estimate of drug-likeness (QED) is 0.480. The molecule has 1 aromatic carbocycles. The topological polar surface area (TPSA) is 79.4 Å². The fourth-order valence-electron chi connectivity index (χ4n) is 4.00. The number of rotatable bonds is 1. The van der Waals surface area contributed by atoms with Crippen LogP contribution >= 0.6 is 0 Å². The molecule has 0 unspecified atom stereocenters. The standard InChI is InChI=1S/C23H21FN6O/c1-14-27-28-22-26-21(18-11-16(24)6-7-19(18)30(14)22)29-10-4-5-17-15(8-9-23(2,3)31)12-25-13-20(17)29/h6-7,11-13,31H,4-5,10H2,1-3H3. The monoisotopic (exact) mass is 416 g/mol. The first kappa shape index (κ1) is 19.4. The van der Waals surface area contributed by atoms with Gasteiger partial charge in [0.15, 0.2) is 0 Å². The molecular weight excluding hydrogens is 395 g/mol. The van der Waals surface area contributed by atoms with E-state index in [0.717, 1.165) is 35.2 Å². The summed E-state index contributed by atoms with van der Waals surface area (Å²) in [5.41, 5.74) is 2.40. The maximum Gasteiger partial charge on any atom is 0.257 e. The molecule has 1 aliphatic heterocycles. The van der Waals surface area contributed by atoms with E-state index in [1.165, 1.54) is 12.1 Å². The zero-order valence-electron chi connectivity index (χ0n) is 17.5. The summed E-state index contributed by atoms with van der Waals surface area (Å²) >= 11 is 0. The highest BCUT2D eigenvalue weighted by Gasteiger charge is 2.25. The lowest BCUT2D eigenvalue weighted by Gasteiger charge is -2.31. The van der Waals surface area contributed by atoms with Gasteiger partial charge in [-0.2, -0.15) is 4.98 Å². The molecule has 0 radical (unpaired) electrons. The molecule has 1 aliphatic rings. The van der Waals surface area contributed by atoms with Crippen LogP contribution in [0.1, 0.15) is 37.2 Å². The van der Waals surface area contributed by atoms with E-state index in [4.69, 9.17) is 4.98 Å². The van der Waals surface area contributed by atoms with Crippen molar-refractivity contribution in [2.45, 2.75) is 39.2 Å². The smallest absolute Gasteiger partial charge is 0.257 e. The number of fused-ring (bicyclic) bond motifs is 4. The third-order valence-corrected chi connectivity index (χ3v) is 5.35. The molecule has 8 heteroatoms. The van der Waals surface area contributed by atoms with Crippen LogP contribution in [0.4, 0.5) is 15.9 Å². The van der Waals surface area contributed by atoms with Gasteiger partial charge < -0.3 is 10.0 Å². The minimum absolute atomic E-state index is 0.333. The van der Waals surface area contributed by atoms with Crippen molar-refractivity contribution in [1.29, 1.82) is 0 Å². The minimum atomic E-state index is -1.09. The Balaban J connectivity index is 1.74. The van der Waals surface area contributed by atoms with Crippen LogP contribution in [0.2, 0.25) is 0 Å². The van der Waals surface area contributed by atoms with Gasteiger partial charge in [0, 0.05) is 23.7 Å². The average molecular weight is 416 g/mol. The molecule has 0 spiro atoms. The number of pyridine rings is 1. The number of hydrogen-bond donors (Lipinski definition) is 1. The number of aliphatic hydroxyl groups is 1. The number of nitrogens with zero attached hydrogens (tertiary/aromatic N) is 6. The van der Waals surface area contributed by atoms with Gasteiger partial charge in [-0.25, -0.2) is 4.39 Å². The molecule has 0 saturated heterocycles. The SMILES string of the molecule is Cc1nnc2nc(N3CCCc4c(C#CC(C)(C)O)cncc43)c3cc(F)ccc3n12. The highest BCUT2D eigenvalue weighted by molar-refractivity contribution is 5.94. The van der Waals surface area contributed by atoms with Crippen LogP contribution in [0.25, 0.3) is 16.7 Å². The minimum Gasteiger partial charge on any atom is -0.378 e. The zero-order chi connectivity index (χ0) is 21.8. The first-order valence-electron chi connectivity index (χ1n) is 10.1. The molecule has 0 saturated carbocycles. The van der Waals surface area contributed by atoms with E-state index in [0.29, 0.717) is 29.4 Å². The molecule has 0 aliphatic carbocycles. The second-order valence-electron chi connectivity index (χ2n) is 8.23. The predicted octanol–water partition coefficient (Wildman–Crippen LogP) is 3.33. The number of anilines is 2. The number of halogens is 1. The molecule has 3 aromatic heterocycles. The molecule has 7 nitrogen and oxygen atoms in total. The largest absolute Gasteiger partial charge is 0.378 e. The highest BCUT2D eigenvalue weighted by Crippen LogP contribution is 2.37. The van der Waals surface area contributed by atoms with Crippen molar-refractivity contribution in [2.75, 3.05) is 11.4 Å². The van der Waals surface area contributed by atoms with Crippen LogP contribution in [0.3, 0.4) is 0 Å². The van der Waals surface area contributed by atoms with Gasteiger partial charge in [0.05, 0.1) is 17.4 Å². The summed E-state index contributed by atoms with van der Waals surface area (Å²) in [7, 11) is 0. The lowest BCUT2D eigenvalue weighted by Crippen LogP contribution is -2.27. The number of aryl methyl sites for hydroxylation is 1. The van der Waals surface area contributed by atoms with Crippen molar-refractivity contribution >= 4 is 28.2 Å². The summed E-state index contributed by atoms with van der Waals surface area (Å²) in [5.74, 6) is 7.37. The lowest BCUT2D eigenvalue weighted by molar-refractivity contribution is 0.143. The van der Waals surface area contributed by atoms with Crippen molar-refractivity contribution in [1.82, 2.24) is 24.6 Å². The number of aromatic nitrogens is 5. The normalized spacial score (nSPS) is 13.9. The molecule has 0 fully saturated rings. The third kappa shape index (κ3) is 3.37. The molecule has 4 heterocycles. The number of hydrogen-bond acceptors (Lipinski definition) is 6. The Kier molecular flexibility index (Phi) is 4.38. The van der Waals surface area contributed by atoms with Crippen molar-refractivity contribution in [3.05, 3.63) is 53.4 Å². The highest BCUT2D eigenvalue weighted by atomic mass is 19.1. The van der Waals surface area contributed by atoms with E-state index >= 15 is 0 Å². The van der Waals surface area contributed by atoms with Gasteiger partial charge in [-0.15, -0.1) is 10.2 Å². The van der Waals surface area contributed by atoms with E-state index < -0.39 is 5.60 Å². The predicted molar refractivity (Wildman–Crippen MR) is 116 cm³/mol. The van der Waals surface area contributed by atoms with Crippen molar-refractivity contribution in [3.63, 3.8) is 0 Å². The molecule has 1 N–H and O–H groups in total. The fourth-order valence-corrected chi connectivity index (χ4v) is 4.00. The molecule has 5 rings (SSSR count). The molecule has 0 bridgehead atoms. The van der Waals surface area contributed by atoms with Gasteiger partial charge in [-0.3, -0.25) is 9.38 Å². The van der Waals surface area contributed by atoms with Crippen LogP contribution in [0, 0.1) is 24.6 Å². The van der Waals surface area contributed by atoms with Crippen molar-refractivity contribution in [2.24, 2.45) is 0 Å². The van der Waals surface area contributed by atoms with E-state index in [1.807, 2.05) is 16.2 Å². The van der Waals surface area contributed by atoms with Crippen LogP contribution < -0.4 is 4.90 Å². The summed E-state index contributed by atoms with van der Waals surface area (Å²) in [6.07, 6.45) is 5.22. The summed E-state index contributed by atoms with van der Waals surface area (Å²) in [5, 5.41) is 19.0. The maximum atomic E-state index is 14.2. The Labute approximate surface area is 178 Å². The molecule has 156 valence electrons. The van der Waals surface area contributed by atoms with Gasteiger partial charge in [-0.1, -0.05) is 11.8 Å². The van der Waals surface area contributed by atoms with E-state index in [9.17, 15) is 9.50 Å². The number of benzene rings is 1. The van der Waals surface area contributed by atoms with E-state index in [2.05, 4.69) is 27.0 Å². The van der Waals surface area contributed by atoms with Gasteiger partial charge in [-0.05, 0) is 57.4 Å².